The van der Waals surface area contributed by atoms with E-state index in [1.807, 2.05) is 69.0 Å². The smallest absolute Gasteiger partial charge is 0.410 e. The number of pyridine rings is 1. The fourth-order valence-electron chi connectivity index (χ4n) is 5.75. The molecule has 3 aromatic rings. The minimum absolute atomic E-state index is 0.150. The first kappa shape index (κ1) is 31.5. The van der Waals surface area contributed by atoms with Gasteiger partial charge in [-0.3, -0.25) is 4.79 Å². The molecule has 11 nitrogen and oxygen atoms in total. The Kier molecular flexibility index (Phi) is 8.89. The molecule has 4 heterocycles. The lowest BCUT2D eigenvalue weighted by molar-refractivity contribution is -0.118. The zero-order chi connectivity index (χ0) is 31.8. The number of nitrogens with one attached hydrogen (secondary N) is 1. The van der Waals surface area contributed by atoms with Crippen molar-refractivity contribution in [3.8, 4) is 23.0 Å². The number of amides is 2. The first-order valence-electron chi connectivity index (χ1n) is 15.9. The van der Waals surface area contributed by atoms with Crippen LogP contribution in [0.15, 0.2) is 30.3 Å². The van der Waals surface area contributed by atoms with Gasteiger partial charge in [0.05, 0.1) is 23.9 Å². The summed E-state index contributed by atoms with van der Waals surface area (Å²) in [6.45, 7) is 9.32. The summed E-state index contributed by atoms with van der Waals surface area (Å²) in [5, 5.41) is 9.01. The van der Waals surface area contributed by atoms with Gasteiger partial charge < -0.3 is 29.2 Å². The number of carbonyl (C=O) groups excluding carboxylic acids is 2. The van der Waals surface area contributed by atoms with Crippen molar-refractivity contribution in [2.75, 3.05) is 37.9 Å². The highest BCUT2D eigenvalue weighted by Crippen LogP contribution is 2.39. The summed E-state index contributed by atoms with van der Waals surface area (Å²) < 4.78 is 24.8. The molecule has 2 atom stereocenters. The number of thioether (sulfide) groups is 1. The van der Waals surface area contributed by atoms with Crippen molar-refractivity contribution < 1.29 is 28.5 Å². The summed E-state index contributed by atoms with van der Waals surface area (Å²) in [6.07, 6.45) is 7.10. The second-order valence-electron chi connectivity index (χ2n) is 12.9. The van der Waals surface area contributed by atoms with E-state index in [2.05, 4.69) is 5.32 Å². The molecule has 1 aromatic carbocycles. The molecule has 6 rings (SSSR count). The lowest BCUT2D eigenvalue weighted by Gasteiger charge is -2.28. The first-order chi connectivity index (χ1) is 21.6. The molecule has 1 N–H and O–H groups in total. The van der Waals surface area contributed by atoms with Crippen LogP contribution in [0.5, 0.6) is 11.6 Å². The van der Waals surface area contributed by atoms with Crippen LogP contribution in [0, 0.1) is 0 Å². The summed E-state index contributed by atoms with van der Waals surface area (Å²) in [7, 11) is 0. The van der Waals surface area contributed by atoms with Gasteiger partial charge in [0, 0.05) is 30.8 Å². The molecular formula is C33H43N5O6S. The Morgan fingerprint density at radius 2 is 1.98 bits per heavy atom. The third kappa shape index (κ3) is 6.86. The maximum absolute atomic E-state index is 13.8. The number of ether oxygens (including phenoxy) is 4. The van der Waals surface area contributed by atoms with Crippen molar-refractivity contribution in [1.82, 2.24) is 19.7 Å². The molecule has 0 radical (unpaired) electrons. The predicted molar refractivity (Wildman–Crippen MR) is 174 cm³/mol. The van der Waals surface area contributed by atoms with Crippen LogP contribution < -0.4 is 14.8 Å². The Hall–Kier alpha value is -3.51. The van der Waals surface area contributed by atoms with Crippen LogP contribution in [0.2, 0.25) is 0 Å². The van der Waals surface area contributed by atoms with Gasteiger partial charge in [-0.2, -0.15) is 5.10 Å². The molecule has 2 aromatic heterocycles. The van der Waals surface area contributed by atoms with E-state index in [0.717, 1.165) is 43.0 Å². The zero-order valence-corrected chi connectivity index (χ0v) is 27.6. The van der Waals surface area contributed by atoms with Gasteiger partial charge in [-0.15, -0.1) is 11.8 Å². The van der Waals surface area contributed by atoms with Gasteiger partial charge in [-0.05, 0) is 103 Å². The van der Waals surface area contributed by atoms with Gasteiger partial charge in [0.25, 0.3) is 5.88 Å². The number of anilines is 1. The summed E-state index contributed by atoms with van der Waals surface area (Å²) in [4.78, 5) is 33.0. The van der Waals surface area contributed by atoms with Crippen molar-refractivity contribution in [2.45, 2.75) is 88.9 Å². The van der Waals surface area contributed by atoms with Crippen LogP contribution >= 0.6 is 11.8 Å². The van der Waals surface area contributed by atoms with E-state index >= 15 is 0 Å². The predicted octanol–water partition coefficient (Wildman–Crippen LogP) is 6.42. The molecule has 3 aliphatic rings. The number of benzene rings is 1. The van der Waals surface area contributed by atoms with Gasteiger partial charge in [0.2, 0.25) is 5.91 Å². The number of nitrogens with zero attached hydrogens (tertiary/aromatic N) is 4. The molecular weight excluding hydrogens is 594 g/mol. The van der Waals surface area contributed by atoms with E-state index in [9.17, 15) is 9.59 Å². The van der Waals surface area contributed by atoms with Crippen LogP contribution in [0.25, 0.3) is 22.3 Å². The number of carbonyl (C=O) groups is 2. The third-order valence-electron chi connectivity index (χ3n) is 8.25. The zero-order valence-electron chi connectivity index (χ0n) is 26.8. The van der Waals surface area contributed by atoms with Crippen LogP contribution in [-0.4, -0.2) is 80.7 Å². The molecule has 0 spiro atoms. The van der Waals surface area contributed by atoms with E-state index in [1.54, 1.807) is 4.90 Å². The largest absolute Gasteiger partial charge is 0.485 e. The fourth-order valence-corrected chi connectivity index (χ4v) is 6.57. The van der Waals surface area contributed by atoms with E-state index in [1.165, 1.54) is 11.8 Å². The highest BCUT2D eigenvalue weighted by Gasteiger charge is 2.46. The van der Waals surface area contributed by atoms with Crippen LogP contribution in [-0.2, 0) is 14.3 Å². The quantitative estimate of drug-likeness (QED) is 0.284. The number of likely N-dealkylation sites (tertiary alicyclic amines) is 1. The third-order valence-corrected chi connectivity index (χ3v) is 9.55. The standard InChI is InChI=1S/C33H43N5O6S/c1-6-41-29-26(43-22-11-12-22)15-13-24(35-29)28-23-19-21(10-14-25(23)38(36-28)27-9-7-8-18-42-27)34-30(39)33(45-5)16-17-37(20-33)31(40)44-32(2,3)4/h10,13-15,19,22,27H,6-9,11-12,16-18,20H2,1-5H3,(H,34,39)/t27-,33-/m0/s1. The van der Waals surface area contributed by atoms with Gasteiger partial charge in [-0.1, -0.05) is 0 Å². The Bertz CT molecular complexity index is 1560. The number of hydrogen-bond acceptors (Lipinski definition) is 9. The molecule has 12 heteroatoms. The molecule has 1 saturated carbocycles. The number of aromatic nitrogens is 3. The second-order valence-corrected chi connectivity index (χ2v) is 14.1. The van der Waals surface area contributed by atoms with Gasteiger partial charge in [0.15, 0.2) is 12.0 Å². The molecule has 45 heavy (non-hydrogen) atoms. The van der Waals surface area contributed by atoms with Gasteiger partial charge >= 0.3 is 6.09 Å². The molecule has 3 fully saturated rings. The second kappa shape index (κ2) is 12.7. The Balaban J connectivity index is 1.31. The van der Waals surface area contributed by atoms with Crippen molar-refractivity contribution in [2.24, 2.45) is 0 Å². The molecule has 242 valence electrons. The summed E-state index contributed by atoms with van der Waals surface area (Å²) in [5.41, 5.74) is 2.25. The first-order valence-corrected chi connectivity index (χ1v) is 17.1. The SMILES string of the molecule is CCOc1nc(-c2nn([C@@H]3CCCCO3)c3ccc(NC(=O)[C@]4(SC)CCN(C(=O)OC(C)(C)C)C4)cc23)ccc1OC1CC1. The van der Waals surface area contributed by atoms with E-state index in [-0.39, 0.29) is 24.8 Å². The fraction of sp³-hybridized carbons (Fsp3) is 0.576. The molecule has 0 bridgehead atoms. The molecule has 2 saturated heterocycles. The number of rotatable bonds is 9. The average molecular weight is 638 g/mol. The van der Waals surface area contributed by atoms with Crippen LogP contribution in [0.4, 0.5) is 10.5 Å². The van der Waals surface area contributed by atoms with Gasteiger partial charge in [-0.25, -0.2) is 14.5 Å². The Morgan fingerprint density at radius 3 is 2.67 bits per heavy atom. The maximum Gasteiger partial charge on any atom is 0.410 e. The van der Waals surface area contributed by atoms with Crippen LogP contribution in [0.1, 0.15) is 72.4 Å². The summed E-state index contributed by atoms with van der Waals surface area (Å²) in [5.74, 6) is 0.929. The average Bonchev–Trinajstić information content (AvgIpc) is 3.58. The number of fused-ring (bicyclic) bond motifs is 1. The lowest BCUT2D eigenvalue weighted by Crippen LogP contribution is -2.44. The van der Waals surface area contributed by atoms with Crippen molar-refractivity contribution >= 4 is 40.4 Å². The minimum Gasteiger partial charge on any atom is -0.485 e. The molecule has 1 aliphatic carbocycles. The van der Waals surface area contributed by atoms with E-state index in [0.29, 0.717) is 54.9 Å². The van der Waals surface area contributed by atoms with Crippen LogP contribution in [0.3, 0.4) is 0 Å². The highest BCUT2D eigenvalue weighted by atomic mass is 32.2. The van der Waals surface area contributed by atoms with E-state index < -0.39 is 16.4 Å². The minimum atomic E-state index is -0.792. The monoisotopic (exact) mass is 637 g/mol. The normalized spacial score (nSPS) is 22.0. The maximum atomic E-state index is 13.8. The Labute approximate surface area is 268 Å². The molecule has 2 aliphatic heterocycles. The summed E-state index contributed by atoms with van der Waals surface area (Å²) >= 11 is 1.46. The molecule has 0 unspecified atom stereocenters. The summed E-state index contributed by atoms with van der Waals surface area (Å²) in [6, 6.07) is 9.62. The van der Waals surface area contributed by atoms with Crippen molar-refractivity contribution in [3.05, 3.63) is 30.3 Å². The van der Waals surface area contributed by atoms with Crippen molar-refractivity contribution in [1.29, 1.82) is 0 Å². The van der Waals surface area contributed by atoms with Gasteiger partial charge in [0.1, 0.15) is 16.0 Å². The Morgan fingerprint density at radius 1 is 1.16 bits per heavy atom. The van der Waals surface area contributed by atoms with Crippen molar-refractivity contribution in [3.63, 3.8) is 0 Å². The highest BCUT2D eigenvalue weighted by molar-refractivity contribution is 8.00. The number of hydrogen-bond donors (Lipinski definition) is 1. The van der Waals surface area contributed by atoms with E-state index in [4.69, 9.17) is 29.0 Å². The molecule has 2 amide bonds. The topological polar surface area (TPSA) is 117 Å². The lowest BCUT2D eigenvalue weighted by atomic mass is 10.1.